The van der Waals surface area contributed by atoms with Crippen molar-refractivity contribution < 1.29 is 9.72 Å². The zero-order valence-electron chi connectivity index (χ0n) is 13.0. The van der Waals surface area contributed by atoms with Crippen molar-refractivity contribution in [1.82, 2.24) is 9.78 Å². The molecule has 0 fully saturated rings. The van der Waals surface area contributed by atoms with Crippen LogP contribution in [0.2, 0.25) is 0 Å². The summed E-state index contributed by atoms with van der Waals surface area (Å²) in [5.41, 5.74) is 1.00. The van der Waals surface area contributed by atoms with E-state index in [0.29, 0.717) is 10.6 Å². The molecular formula is C15H15N5O3S. The Labute approximate surface area is 141 Å². The summed E-state index contributed by atoms with van der Waals surface area (Å²) in [4.78, 5) is 24.0. The van der Waals surface area contributed by atoms with Crippen molar-refractivity contribution in [2.75, 3.05) is 5.32 Å². The van der Waals surface area contributed by atoms with Crippen molar-refractivity contribution in [2.24, 2.45) is 7.05 Å². The Morgan fingerprint density at radius 1 is 1.46 bits per heavy atom. The molecule has 0 unspecified atom stereocenters. The summed E-state index contributed by atoms with van der Waals surface area (Å²) in [6, 6.07) is 2.17. The normalized spacial score (nSPS) is 13.7. The standard InChI is InChI=1S/C15H15N5O3S/c1-19-13(11(8-17-19)20(22)23)14(21)18-15-10(7-16)9-5-3-2-4-6-12(9)24-15/h8H,2-6H2,1H3,(H,18,21). The van der Waals surface area contributed by atoms with E-state index in [1.54, 1.807) is 0 Å². The molecule has 0 bridgehead atoms. The lowest BCUT2D eigenvalue weighted by atomic mass is 10.1. The number of hydrogen-bond donors (Lipinski definition) is 1. The van der Waals surface area contributed by atoms with E-state index in [9.17, 15) is 20.2 Å². The van der Waals surface area contributed by atoms with E-state index < -0.39 is 10.8 Å². The monoisotopic (exact) mass is 345 g/mol. The van der Waals surface area contributed by atoms with E-state index in [4.69, 9.17) is 0 Å². The SMILES string of the molecule is Cn1ncc([N+](=O)[O-])c1C(=O)Nc1sc2c(c1C#N)CCCCC2. The number of nitro groups is 1. The summed E-state index contributed by atoms with van der Waals surface area (Å²) in [5, 5.41) is 27.4. The molecule has 1 aliphatic carbocycles. The maximum atomic E-state index is 12.5. The highest BCUT2D eigenvalue weighted by molar-refractivity contribution is 7.16. The Kier molecular flexibility index (Phi) is 4.31. The summed E-state index contributed by atoms with van der Waals surface area (Å²) in [7, 11) is 1.47. The Bertz CT molecular complexity index is 861. The lowest BCUT2D eigenvalue weighted by molar-refractivity contribution is -0.385. The minimum absolute atomic E-state index is 0.132. The third-order valence-corrected chi connectivity index (χ3v) is 5.30. The van der Waals surface area contributed by atoms with Crippen LogP contribution in [0.5, 0.6) is 0 Å². The Morgan fingerprint density at radius 2 is 2.21 bits per heavy atom. The summed E-state index contributed by atoms with van der Waals surface area (Å²) in [5.74, 6) is -0.630. The lowest BCUT2D eigenvalue weighted by Gasteiger charge is -2.04. The minimum atomic E-state index is -0.642. The molecule has 1 amide bonds. The van der Waals surface area contributed by atoms with Crippen molar-refractivity contribution in [2.45, 2.75) is 32.1 Å². The van der Waals surface area contributed by atoms with Crippen LogP contribution in [-0.2, 0) is 19.9 Å². The maximum Gasteiger partial charge on any atom is 0.320 e. The summed E-state index contributed by atoms with van der Waals surface area (Å²) in [6.07, 6.45) is 6.00. The van der Waals surface area contributed by atoms with Crippen LogP contribution in [-0.4, -0.2) is 20.6 Å². The van der Waals surface area contributed by atoms with Crippen LogP contribution in [0.1, 0.15) is 45.8 Å². The quantitative estimate of drug-likeness (QED) is 0.522. The van der Waals surface area contributed by atoms with E-state index >= 15 is 0 Å². The van der Waals surface area contributed by atoms with Gasteiger partial charge in [-0.25, -0.2) is 0 Å². The highest BCUT2D eigenvalue weighted by Gasteiger charge is 2.28. The van der Waals surface area contributed by atoms with Gasteiger partial charge in [-0.15, -0.1) is 11.3 Å². The molecule has 2 aromatic rings. The van der Waals surface area contributed by atoms with Gasteiger partial charge in [0.2, 0.25) is 5.69 Å². The summed E-state index contributed by atoms with van der Waals surface area (Å²) in [6.45, 7) is 0. The first-order valence-electron chi connectivity index (χ1n) is 7.55. The predicted octanol–water partition coefficient (Wildman–Crippen LogP) is 2.78. The van der Waals surface area contributed by atoms with Crippen molar-refractivity contribution in [3.05, 3.63) is 38.0 Å². The minimum Gasteiger partial charge on any atom is -0.311 e. The van der Waals surface area contributed by atoms with Gasteiger partial charge in [0.05, 0.1) is 10.5 Å². The van der Waals surface area contributed by atoms with Crippen LogP contribution in [0.3, 0.4) is 0 Å². The molecule has 24 heavy (non-hydrogen) atoms. The molecule has 0 saturated carbocycles. The number of nitrogens with zero attached hydrogens (tertiary/aromatic N) is 4. The van der Waals surface area contributed by atoms with Crippen LogP contribution in [0.25, 0.3) is 0 Å². The predicted molar refractivity (Wildman–Crippen MR) is 88.1 cm³/mol. The van der Waals surface area contributed by atoms with Gasteiger partial charge in [0.15, 0.2) is 0 Å². The zero-order chi connectivity index (χ0) is 17.3. The molecule has 1 aliphatic rings. The van der Waals surface area contributed by atoms with Crippen molar-refractivity contribution in [3.8, 4) is 6.07 Å². The van der Waals surface area contributed by atoms with Gasteiger partial charge in [-0.1, -0.05) is 6.42 Å². The fourth-order valence-corrected chi connectivity index (χ4v) is 4.17. The number of thiophene rings is 1. The highest BCUT2D eigenvalue weighted by atomic mass is 32.1. The molecule has 3 rings (SSSR count). The molecule has 2 aromatic heterocycles. The first-order chi connectivity index (χ1) is 11.5. The average Bonchev–Trinajstić information content (AvgIpc) is 2.99. The maximum absolute atomic E-state index is 12.5. The lowest BCUT2D eigenvalue weighted by Crippen LogP contribution is -2.17. The van der Waals surface area contributed by atoms with E-state index in [-0.39, 0.29) is 11.4 Å². The fraction of sp³-hybridized carbons (Fsp3) is 0.400. The molecule has 0 saturated heterocycles. The molecule has 0 spiro atoms. The van der Waals surface area contributed by atoms with Crippen molar-refractivity contribution in [3.63, 3.8) is 0 Å². The topological polar surface area (TPSA) is 114 Å². The van der Waals surface area contributed by atoms with Gasteiger partial charge in [-0.3, -0.25) is 19.6 Å². The number of carbonyl (C=O) groups is 1. The molecule has 2 heterocycles. The van der Waals surface area contributed by atoms with Gasteiger partial charge >= 0.3 is 5.69 Å². The smallest absolute Gasteiger partial charge is 0.311 e. The van der Waals surface area contributed by atoms with Crippen LogP contribution in [0, 0.1) is 21.4 Å². The number of hydrogen-bond acceptors (Lipinski definition) is 6. The number of rotatable bonds is 3. The van der Waals surface area contributed by atoms with Gasteiger partial charge in [-0.05, 0) is 31.2 Å². The first kappa shape index (κ1) is 16.1. The van der Waals surface area contributed by atoms with Crippen LogP contribution in [0.15, 0.2) is 6.20 Å². The number of aryl methyl sites for hydroxylation is 2. The largest absolute Gasteiger partial charge is 0.320 e. The van der Waals surface area contributed by atoms with Gasteiger partial charge in [-0.2, -0.15) is 10.4 Å². The number of amides is 1. The number of carbonyl (C=O) groups excluding carboxylic acids is 1. The van der Waals surface area contributed by atoms with E-state index in [0.717, 1.165) is 53.4 Å². The third kappa shape index (κ3) is 2.76. The van der Waals surface area contributed by atoms with E-state index in [1.165, 1.54) is 18.4 Å². The van der Waals surface area contributed by atoms with E-state index in [1.807, 2.05) is 0 Å². The molecule has 124 valence electrons. The summed E-state index contributed by atoms with van der Waals surface area (Å²) >= 11 is 1.39. The van der Waals surface area contributed by atoms with Gasteiger partial charge in [0.25, 0.3) is 5.91 Å². The van der Waals surface area contributed by atoms with Gasteiger partial charge in [0.1, 0.15) is 17.3 Å². The van der Waals surface area contributed by atoms with E-state index in [2.05, 4.69) is 16.5 Å². The molecular weight excluding hydrogens is 330 g/mol. The first-order valence-corrected chi connectivity index (χ1v) is 8.37. The molecule has 8 nitrogen and oxygen atoms in total. The molecule has 0 aliphatic heterocycles. The highest BCUT2D eigenvalue weighted by Crippen LogP contribution is 2.37. The van der Waals surface area contributed by atoms with Crippen LogP contribution in [0.4, 0.5) is 10.7 Å². The third-order valence-electron chi connectivity index (χ3n) is 4.09. The van der Waals surface area contributed by atoms with Gasteiger partial charge < -0.3 is 5.32 Å². The van der Waals surface area contributed by atoms with Crippen LogP contribution >= 0.6 is 11.3 Å². The van der Waals surface area contributed by atoms with Crippen molar-refractivity contribution in [1.29, 1.82) is 5.26 Å². The molecule has 0 aromatic carbocycles. The number of nitrogens with one attached hydrogen (secondary N) is 1. The average molecular weight is 345 g/mol. The molecule has 9 heteroatoms. The second-order valence-electron chi connectivity index (χ2n) is 5.59. The van der Waals surface area contributed by atoms with Crippen molar-refractivity contribution >= 4 is 27.9 Å². The fourth-order valence-electron chi connectivity index (χ4n) is 2.93. The number of nitriles is 1. The molecule has 0 atom stereocenters. The Morgan fingerprint density at radius 3 is 2.92 bits per heavy atom. The second kappa shape index (κ2) is 6.41. The second-order valence-corrected chi connectivity index (χ2v) is 6.70. The van der Waals surface area contributed by atoms with Crippen LogP contribution < -0.4 is 5.32 Å². The zero-order valence-corrected chi connectivity index (χ0v) is 13.9. The Hall–Kier alpha value is -2.73. The number of aromatic nitrogens is 2. The molecule has 1 N–H and O–H groups in total. The number of fused-ring (bicyclic) bond motifs is 1. The molecule has 0 radical (unpaired) electrons. The van der Waals surface area contributed by atoms with Gasteiger partial charge in [0, 0.05) is 11.9 Å². The summed E-state index contributed by atoms with van der Waals surface area (Å²) < 4.78 is 1.16. The Balaban J connectivity index is 1.95. The number of anilines is 1.